The Hall–Kier alpha value is -1.10. The van der Waals surface area contributed by atoms with E-state index in [9.17, 15) is 0 Å². The highest BCUT2D eigenvalue weighted by Crippen LogP contribution is 2.31. The number of aryl methyl sites for hydroxylation is 1. The summed E-state index contributed by atoms with van der Waals surface area (Å²) in [6.45, 7) is 5.88. The summed E-state index contributed by atoms with van der Waals surface area (Å²) in [5.74, 6) is 0. The maximum atomic E-state index is 6.31. The van der Waals surface area contributed by atoms with Gasteiger partial charge in [0.05, 0.1) is 0 Å². The monoisotopic (exact) mass is 307 g/mol. The minimum absolute atomic E-state index is 0.745. The Morgan fingerprint density at radius 2 is 2.00 bits per heavy atom. The van der Waals surface area contributed by atoms with E-state index in [4.69, 9.17) is 11.6 Å². The second kappa shape index (κ2) is 7.62. The average Bonchev–Trinajstić information content (AvgIpc) is 2.44. The molecular weight excluding hydrogens is 290 g/mol. The Labute approximate surface area is 129 Å². The average molecular weight is 308 g/mol. The molecule has 1 heterocycles. The first-order chi connectivity index (χ1) is 9.70. The van der Waals surface area contributed by atoms with E-state index in [0.717, 1.165) is 45.7 Å². The Balaban J connectivity index is 2.17. The summed E-state index contributed by atoms with van der Waals surface area (Å²) in [6.07, 6.45) is 4.76. The van der Waals surface area contributed by atoms with Gasteiger partial charge in [-0.3, -0.25) is 0 Å². The lowest BCUT2D eigenvalue weighted by molar-refractivity contribution is 0.669. The summed E-state index contributed by atoms with van der Waals surface area (Å²) < 4.78 is 0. The zero-order valence-corrected chi connectivity index (χ0v) is 13.3. The van der Waals surface area contributed by atoms with Gasteiger partial charge >= 0.3 is 0 Å². The number of benzene rings is 1. The van der Waals surface area contributed by atoms with Crippen LogP contribution in [0.1, 0.15) is 24.5 Å². The van der Waals surface area contributed by atoms with Crippen LogP contribution in [0.4, 0.5) is 0 Å². The maximum absolute atomic E-state index is 6.31. The fourth-order valence-corrected chi connectivity index (χ4v) is 2.88. The quantitative estimate of drug-likeness (QED) is 0.644. The van der Waals surface area contributed by atoms with Crippen molar-refractivity contribution in [1.29, 1.82) is 0 Å². The van der Waals surface area contributed by atoms with Crippen LogP contribution in [-0.2, 0) is 6.54 Å². The first-order valence-corrected chi connectivity index (χ1v) is 7.84. The fourth-order valence-electron chi connectivity index (χ4n) is 1.73. The van der Waals surface area contributed by atoms with Crippen molar-refractivity contribution >= 4 is 23.4 Å². The molecule has 0 aliphatic carbocycles. The van der Waals surface area contributed by atoms with Gasteiger partial charge in [-0.15, -0.1) is 0 Å². The molecule has 0 spiro atoms. The Morgan fingerprint density at radius 1 is 1.25 bits per heavy atom. The molecule has 0 saturated carbocycles. The summed E-state index contributed by atoms with van der Waals surface area (Å²) in [7, 11) is 0. The molecular formula is C15H18ClN3S. The molecule has 0 aliphatic rings. The lowest BCUT2D eigenvalue weighted by Gasteiger charge is -2.11. The summed E-state index contributed by atoms with van der Waals surface area (Å²) in [6, 6.07) is 5.94. The van der Waals surface area contributed by atoms with E-state index in [1.165, 1.54) is 0 Å². The molecule has 0 amide bonds. The van der Waals surface area contributed by atoms with Crippen molar-refractivity contribution in [2.24, 2.45) is 0 Å². The lowest BCUT2D eigenvalue weighted by atomic mass is 10.2. The van der Waals surface area contributed by atoms with Gasteiger partial charge in [0.2, 0.25) is 0 Å². The highest BCUT2D eigenvalue weighted by atomic mass is 35.5. The van der Waals surface area contributed by atoms with Crippen molar-refractivity contribution in [2.75, 3.05) is 6.54 Å². The van der Waals surface area contributed by atoms with Gasteiger partial charge in [0.1, 0.15) is 0 Å². The number of hydrogen-bond donors (Lipinski definition) is 1. The lowest BCUT2D eigenvalue weighted by Crippen LogP contribution is -2.14. The predicted molar refractivity (Wildman–Crippen MR) is 84.3 cm³/mol. The highest BCUT2D eigenvalue weighted by molar-refractivity contribution is 7.99. The molecule has 2 rings (SSSR count). The molecule has 0 atom stereocenters. The third kappa shape index (κ3) is 4.20. The van der Waals surface area contributed by atoms with Gasteiger partial charge in [0, 0.05) is 28.9 Å². The van der Waals surface area contributed by atoms with Crippen molar-refractivity contribution < 1.29 is 0 Å². The first kappa shape index (κ1) is 15.3. The molecule has 3 nitrogen and oxygen atoms in total. The van der Waals surface area contributed by atoms with E-state index in [0.29, 0.717) is 0 Å². The van der Waals surface area contributed by atoms with Gasteiger partial charge in [-0.25, -0.2) is 9.97 Å². The number of halogens is 1. The SMILES string of the molecule is CCCNCc1c(Cl)cccc1Sc1ncc(C)cn1. The van der Waals surface area contributed by atoms with Gasteiger partial charge in [-0.1, -0.05) is 24.6 Å². The molecule has 0 bridgehead atoms. The molecule has 2 aromatic rings. The van der Waals surface area contributed by atoms with E-state index in [1.807, 2.05) is 31.5 Å². The Morgan fingerprint density at radius 3 is 2.70 bits per heavy atom. The van der Waals surface area contributed by atoms with Gasteiger partial charge in [0.15, 0.2) is 5.16 Å². The largest absolute Gasteiger partial charge is 0.313 e. The van der Waals surface area contributed by atoms with Crippen molar-refractivity contribution in [1.82, 2.24) is 15.3 Å². The fraction of sp³-hybridized carbons (Fsp3) is 0.333. The van der Waals surface area contributed by atoms with Crippen LogP contribution in [0.2, 0.25) is 5.02 Å². The molecule has 0 aliphatic heterocycles. The van der Waals surface area contributed by atoms with Gasteiger partial charge in [-0.2, -0.15) is 0 Å². The molecule has 20 heavy (non-hydrogen) atoms. The predicted octanol–water partition coefficient (Wildman–Crippen LogP) is 4.09. The second-order valence-electron chi connectivity index (χ2n) is 4.54. The van der Waals surface area contributed by atoms with Crippen LogP contribution in [0, 0.1) is 6.92 Å². The van der Waals surface area contributed by atoms with E-state index in [2.05, 4.69) is 28.3 Å². The number of nitrogens with one attached hydrogen (secondary N) is 1. The molecule has 5 heteroatoms. The summed E-state index contributed by atoms with van der Waals surface area (Å²) >= 11 is 7.85. The molecule has 0 radical (unpaired) electrons. The summed E-state index contributed by atoms with van der Waals surface area (Å²) in [5, 5.41) is 4.92. The van der Waals surface area contributed by atoms with Crippen LogP contribution in [0.3, 0.4) is 0 Å². The zero-order valence-electron chi connectivity index (χ0n) is 11.7. The molecule has 0 fully saturated rings. The molecule has 0 unspecified atom stereocenters. The molecule has 0 saturated heterocycles. The molecule has 1 N–H and O–H groups in total. The van der Waals surface area contributed by atoms with Gasteiger partial charge < -0.3 is 5.32 Å². The molecule has 1 aromatic carbocycles. The topological polar surface area (TPSA) is 37.8 Å². The van der Waals surface area contributed by atoms with Crippen LogP contribution < -0.4 is 5.32 Å². The van der Waals surface area contributed by atoms with E-state index >= 15 is 0 Å². The number of nitrogens with zero attached hydrogens (tertiary/aromatic N) is 2. The molecule has 1 aromatic heterocycles. The molecule has 106 valence electrons. The standard InChI is InChI=1S/C15H18ClN3S/c1-3-7-17-10-12-13(16)5-4-6-14(12)20-15-18-8-11(2)9-19-15/h4-6,8-9,17H,3,7,10H2,1-2H3. The van der Waals surface area contributed by atoms with Crippen molar-refractivity contribution in [3.8, 4) is 0 Å². The number of hydrogen-bond acceptors (Lipinski definition) is 4. The third-order valence-corrected chi connectivity index (χ3v) is 4.11. The van der Waals surface area contributed by atoms with Crippen LogP contribution in [0.5, 0.6) is 0 Å². The van der Waals surface area contributed by atoms with Gasteiger partial charge in [0.25, 0.3) is 0 Å². The smallest absolute Gasteiger partial charge is 0.192 e. The first-order valence-electron chi connectivity index (χ1n) is 6.65. The third-order valence-electron chi connectivity index (χ3n) is 2.76. The minimum atomic E-state index is 0.745. The van der Waals surface area contributed by atoms with Crippen molar-refractivity contribution in [3.63, 3.8) is 0 Å². The van der Waals surface area contributed by atoms with Gasteiger partial charge in [-0.05, 0) is 54.9 Å². The summed E-state index contributed by atoms with van der Waals surface area (Å²) in [5.41, 5.74) is 2.17. The Bertz CT molecular complexity index is 558. The minimum Gasteiger partial charge on any atom is -0.313 e. The second-order valence-corrected chi connectivity index (χ2v) is 5.95. The van der Waals surface area contributed by atoms with Crippen LogP contribution in [-0.4, -0.2) is 16.5 Å². The van der Waals surface area contributed by atoms with Crippen molar-refractivity contribution in [3.05, 3.63) is 46.7 Å². The maximum Gasteiger partial charge on any atom is 0.192 e. The van der Waals surface area contributed by atoms with Crippen LogP contribution in [0.25, 0.3) is 0 Å². The number of aromatic nitrogens is 2. The van der Waals surface area contributed by atoms with Crippen molar-refractivity contribution in [2.45, 2.75) is 36.9 Å². The van der Waals surface area contributed by atoms with E-state index in [-0.39, 0.29) is 0 Å². The highest BCUT2D eigenvalue weighted by Gasteiger charge is 2.09. The number of rotatable bonds is 6. The Kier molecular flexibility index (Phi) is 5.83. The van der Waals surface area contributed by atoms with Crippen LogP contribution >= 0.6 is 23.4 Å². The van der Waals surface area contributed by atoms with Crippen LogP contribution in [0.15, 0.2) is 40.6 Å². The summed E-state index contributed by atoms with van der Waals surface area (Å²) in [4.78, 5) is 9.76. The van der Waals surface area contributed by atoms with E-state index in [1.54, 1.807) is 11.8 Å². The normalized spacial score (nSPS) is 10.8. The zero-order chi connectivity index (χ0) is 14.4. The van der Waals surface area contributed by atoms with E-state index < -0.39 is 0 Å².